The number of rotatable bonds is 7. The maximum absolute atomic E-state index is 10.0. The fourth-order valence-electron chi connectivity index (χ4n) is 3.21. The van der Waals surface area contributed by atoms with Crippen LogP contribution in [-0.4, -0.2) is 9.79 Å². The van der Waals surface area contributed by atoms with Gasteiger partial charge >= 0.3 is 7.82 Å². The fourth-order valence-corrected chi connectivity index (χ4v) is 3.69. The van der Waals surface area contributed by atoms with Crippen LogP contribution in [0.15, 0.2) is 48.3 Å². The van der Waals surface area contributed by atoms with Gasteiger partial charge in [0.1, 0.15) is 5.76 Å². The van der Waals surface area contributed by atoms with Gasteiger partial charge in [-0.05, 0) is 58.4 Å². The van der Waals surface area contributed by atoms with Crippen molar-refractivity contribution < 1.29 is 18.9 Å². The van der Waals surface area contributed by atoms with E-state index < -0.39 is 7.82 Å². The molecule has 0 aromatic rings. The summed E-state index contributed by atoms with van der Waals surface area (Å²) in [5.41, 5.74) is 0.303. The first-order valence-electron chi connectivity index (χ1n) is 9.49. The van der Waals surface area contributed by atoms with Gasteiger partial charge in [0.05, 0.1) is 0 Å². The first-order chi connectivity index (χ1) is 12.7. The molecule has 0 amide bonds. The normalized spacial score (nSPS) is 18.9. The van der Waals surface area contributed by atoms with Crippen molar-refractivity contribution in [1.82, 2.24) is 0 Å². The molecule has 27 heavy (non-hydrogen) atoms. The van der Waals surface area contributed by atoms with Gasteiger partial charge in [0.2, 0.25) is 0 Å². The van der Waals surface area contributed by atoms with Crippen LogP contribution in [0.1, 0.15) is 66.2 Å². The lowest BCUT2D eigenvalue weighted by molar-refractivity contribution is 0.158. The first-order valence-corrected chi connectivity index (χ1v) is 11.0. The maximum atomic E-state index is 10.0. The van der Waals surface area contributed by atoms with E-state index in [-0.39, 0.29) is 11.7 Å². The summed E-state index contributed by atoms with van der Waals surface area (Å²) in [5, 5.41) is 0. The third-order valence-corrected chi connectivity index (χ3v) is 5.25. The molecule has 1 fully saturated rings. The molecule has 0 heterocycles. The van der Waals surface area contributed by atoms with E-state index in [1.807, 2.05) is 13.0 Å². The predicted molar refractivity (Wildman–Crippen MR) is 114 cm³/mol. The molecule has 152 valence electrons. The quantitative estimate of drug-likeness (QED) is 0.175. The Morgan fingerprint density at radius 2 is 1.81 bits per heavy atom. The number of terminal acetylenes is 1. The van der Waals surface area contributed by atoms with Crippen LogP contribution in [0.25, 0.3) is 0 Å². The molecular formula is C22H35O4P. The Balaban J connectivity index is 0.000000636. The number of hydrogen-bond acceptors (Lipinski definition) is 2. The molecule has 1 aliphatic rings. The first kappa shape index (κ1) is 25.5. The summed E-state index contributed by atoms with van der Waals surface area (Å²) in [7, 11) is -4.31. The lowest BCUT2D eigenvalue weighted by atomic mass is 9.64. The molecule has 1 unspecified atom stereocenters. The average Bonchev–Trinajstić information content (AvgIpc) is 2.63. The molecule has 0 radical (unpaired) electrons. The molecule has 0 bridgehead atoms. The van der Waals surface area contributed by atoms with Crippen LogP contribution in [0.3, 0.4) is 0 Å². The van der Waals surface area contributed by atoms with Crippen molar-refractivity contribution in [3.8, 4) is 12.3 Å². The zero-order valence-electron chi connectivity index (χ0n) is 17.1. The van der Waals surface area contributed by atoms with Gasteiger partial charge in [-0.1, -0.05) is 61.6 Å². The lowest BCUT2D eigenvalue weighted by Gasteiger charge is -2.40. The highest BCUT2D eigenvalue weighted by Gasteiger charge is 2.36. The van der Waals surface area contributed by atoms with E-state index in [4.69, 9.17) is 16.2 Å². The Hall–Kier alpha value is -1.53. The van der Waals surface area contributed by atoms with Crippen LogP contribution in [-0.2, 0) is 9.09 Å². The van der Waals surface area contributed by atoms with Crippen LogP contribution in [0.2, 0.25) is 0 Å². The topological polar surface area (TPSA) is 66.8 Å². The minimum atomic E-state index is -4.31. The molecule has 5 heteroatoms. The molecule has 0 aliphatic heterocycles. The van der Waals surface area contributed by atoms with Gasteiger partial charge in [-0.3, -0.25) is 9.79 Å². The predicted octanol–water partition coefficient (Wildman–Crippen LogP) is 6.30. The van der Waals surface area contributed by atoms with Gasteiger partial charge < -0.3 is 4.52 Å². The maximum Gasteiger partial charge on any atom is 0.524 e. The highest BCUT2D eigenvalue weighted by Crippen LogP contribution is 2.46. The third kappa shape index (κ3) is 11.0. The summed E-state index contributed by atoms with van der Waals surface area (Å²) >= 11 is 0. The number of phosphoric acid groups is 1. The molecule has 1 atom stereocenters. The van der Waals surface area contributed by atoms with E-state index in [9.17, 15) is 4.57 Å². The molecule has 1 aliphatic carbocycles. The Bertz CT molecular complexity index is 611. The summed E-state index contributed by atoms with van der Waals surface area (Å²) < 4.78 is 14.1. The lowest BCUT2D eigenvalue weighted by Crippen LogP contribution is -2.30. The standard InChI is InChI=1S/C18H26.C4H9O4P/c1-4-7-10-13-17(6-3)18(14-8-5-2)15-11-9-12-16-18;1-3-4(2)8-9(5,6)7/h3-5,7-8,10,13,17H,9,11-12,14-16H2,1-2H3;3H,1-2H3,(H2,5,6,7)/b7-4-,8-5-,13-10-;4-3+. The second kappa shape index (κ2) is 13.6. The van der Waals surface area contributed by atoms with Crippen molar-refractivity contribution in [3.05, 3.63) is 48.3 Å². The fraction of sp³-hybridized carbons (Fsp3) is 0.545. The van der Waals surface area contributed by atoms with E-state index in [2.05, 4.69) is 47.7 Å². The van der Waals surface area contributed by atoms with Gasteiger partial charge in [0.25, 0.3) is 0 Å². The van der Waals surface area contributed by atoms with E-state index in [0.717, 1.165) is 6.42 Å². The van der Waals surface area contributed by atoms with Crippen molar-refractivity contribution in [2.75, 3.05) is 0 Å². The highest BCUT2D eigenvalue weighted by molar-refractivity contribution is 7.46. The van der Waals surface area contributed by atoms with E-state index in [1.54, 1.807) is 6.92 Å². The molecule has 4 nitrogen and oxygen atoms in total. The largest absolute Gasteiger partial charge is 0.524 e. The van der Waals surface area contributed by atoms with Crippen LogP contribution in [0, 0.1) is 23.7 Å². The van der Waals surface area contributed by atoms with Crippen molar-refractivity contribution in [2.45, 2.75) is 66.2 Å². The summed E-state index contributed by atoms with van der Waals surface area (Å²) in [5.74, 6) is 3.52. The molecule has 2 N–H and O–H groups in total. The Morgan fingerprint density at radius 3 is 2.22 bits per heavy atom. The van der Waals surface area contributed by atoms with Crippen LogP contribution in [0.4, 0.5) is 0 Å². The summed E-state index contributed by atoms with van der Waals surface area (Å²) in [4.78, 5) is 16.3. The monoisotopic (exact) mass is 394 g/mol. The number of phosphoric ester groups is 1. The van der Waals surface area contributed by atoms with Gasteiger partial charge in [-0.15, -0.1) is 6.42 Å². The summed E-state index contributed by atoms with van der Waals surface area (Å²) in [6.07, 6.45) is 27.8. The second-order valence-electron chi connectivity index (χ2n) is 6.73. The molecule has 1 saturated carbocycles. The van der Waals surface area contributed by atoms with Gasteiger partial charge in [0, 0.05) is 5.92 Å². The van der Waals surface area contributed by atoms with E-state index in [0.29, 0.717) is 5.41 Å². The van der Waals surface area contributed by atoms with Crippen LogP contribution in [0.5, 0.6) is 0 Å². The smallest absolute Gasteiger partial charge is 0.409 e. The van der Waals surface area contributed by atoms with Gasteiger partial charge in [0.15, 0.2) is 0 Å². The number of hydrogen-bond donors (Lipinski definition) is 2. The zero-order chi connectivity index (χ0) is 20.8. The number of allylic oxidation sites excluding steroid dienone is 8. The molecule has 0 aromatic heterocycles. The molecule has 1 rings (SSSR count). The average molecular weight is 394 g/mol. The molecular weight excluding hydrogens is 359 g/mol. The minimum absolute atomic E-state index is 0.225. The SMILES string of the molecule is C#CC(/C=C\C=C/C)C1(C/C=C\C)CCCCC1.C/C=C(\C)OP(=O)(O)O. The molecule has 0 spiro atoms. The van der Waals surface area contributed by atoms with Crippen LogP contribution < -0.4 is 0 Å². The second-order valence-corrected chi connectivity index (χ2v) is 7.90. The van der Waals surface area contributed by atoms with E-state index in [1.165, 1.54) is 45.1 Å². The summed E-state index contributed by atoms with van der Waals surface area (Å²) in [6, 6.07) is 0. The Kier molecular flexibility index (Phi) is 12.8. The summed E-state index contributed by atoms with van der Waals surface area (Å²) in [6.45, 7) is 7.23. The van der Waals surface area contributed by atoms with Crippen molar-refractivity contribution in [3.63, 3.8) is 0 Å². The Labute approximate surface area is 165 Å². The highest BCUT2D eigenvalue weighted by atomic mass is 31.2. The van der Waals surface area contributed by atoms with Crippen molar-refractivity contribution >= 4 is 7.82 Å². The van der Waals surface area contributed by atoms with E-state index >= 15 is 0 Å². The minimum Gasteiger partial charge on any atom is -0.409 e. The third-order valence-electron chi connectivity index (χ3n) is 4.73. The molecule has 0 saturated heterocycles. The van der Waals surface area contributed by atoms with Crippen molar-refractivity contribution in [1.29, 1.82) is 0 Å². The molecule has 0 aromatic carbocycles. The van der Waals surface area contributed by atoms with Gasteiger partial charge in [-0.25, -0.2) is 4.57 Å². The Morgan fingerprint density at radius 1 is 1.19 bits per heavy atom. The zero-order valence-corrected chi connectivity index (χ0v) is 18.0. The van der Waals surface area contributed by atoms with Crippen LogP contribution >= 0.6 is 7.82 Å². The van der Waals surface area contributed by atoms with Gasteiger partial charge in [-0.2, -0.15) is 0 Å². The van der Waals surface area contributed by atoms with Crippen molar-refractivity contribution in [2.24, 2.45) is 11.3 Å².